The van der Waals surface area contributed by atoms with E-state index >= 15 is 0 Å². The van der Waals surface area contributed by atoms with Gasteiger partial charge in [0, 0.05) is 34.8 Å². The third-order valence-corrected chi connectivity index (χ3v) is 8.84. The molecule has 222 valence electrons. The summed E-state index contributed by atoms with van der Waals surface area (Å²) in [7, 11) is 0. The van der Waals surface area contributed by atoms with Crippen LogP contribution in [0.3, 0.4) is 0 Å². The van der Waals surface area contributed by atoms with Crippen LogP contribution in [0.4, 0.5) is 4.39 Å². The molecule has 6 nitrogen and oxygen atoms in total. The number of carbonyl (C=O) groups is 1. The van der Waals surface area contributed by atoms with Gasteiger partial charge in [-0.05, 0) is 42.3 Å². The van der Waals surface area contributed by atoms with Crippen molar-refractivity contribution in [3.63, 3.8) is 0 Å². The topological polar surface area (TPSA) is 65.6 Å². The average molecular weight is 614 g/mol. The van der Waals surface area contributed by atoms with Crippen molar-refractivity contribution in [1.29, 1.82) is 0 Å². The molecule has 0 fully saturated rings. The van der Waals surface area contributed by atoms with Gasteiger partial charge in [0.25, 0.3) is 5.56 Å². The summed E-state index contributed by atoms with van der Waals surface area (Å²) in [6.07, 6.45) is 3.91. The van der Waals surface area contributed by atoms with E-state index in [1.165, 1.54) is 23.5 Å². The van der Waals surface area contributed by atoms with Crippen molar-refractivity contribution in [1.82, 2.24) is 9.13 Å². The lowest BCUT2D eigenvalue weighted by Gasteiger charge is -2.25. The zero-order valence-corrected chi connectivity index (χ0v) is 25.2. The van der Waals surface area contributed by atoms with E-state index in [4.69, 9.17) is 9.73 Å². The van der Waals surface area contributed by atoms with E-state index in [0.29, 0.717) is 27.1 Å². The van der Waals surface area contributed by atoms with E-state index in [9.17, 15) is 14.0 Å². The molecule has 3 heterocycles. The van der Waals surface area contributed by atoms with Crippen LogP contribution in [0.15, 0.2) is 131 Å². The molecule has 1 aliphatic heterocycles. The van der Waals surface area contributed by atoms with Crippen LogP contribution in [0, 0.1) is 5.82 Å². The number of ether oxygens (including phenoxy) is 1. The number of benzene rings is 4. The lowest BCUT2D eigenvalue weighted by atomic mass is 9.93. The van der Waals surface area contributed by atoms with E-state index < -0.39 is 12.0 Å². The van der Waals surface area contributed by atoms with E-state index in [2.05, 4.69) is 4.57 Å². The zero-order chi connectivity index (χ0) is 30.9. The first-order chi connectivity index (χ1) is 22.0. The van der Waals surface area contributed by atoms with Crippen molar-refractivity contribution in [3.8, 4) is 0 Å². The summed E-state index contributed by atoms with van der Waals surface area (Å²) in [4.78, 5) is 33.4. The van der Waals surface area contributed by atoms with Crippen LogP contribution >= 0.6 is 11.3 Å². The Morgan fingerprint density at radius 3 is 2.36 bits per heavy atom. The van der Waals surface area contributed by atoms with Gasteiger partial charge < -0.3 is 9.30 Å². The van der Waals surface area contributed by atoms with Crippen LogP contribution in [0.5, 0.6) is 0 Å². The molecule has 4 aromatic carbocycles. The number of esters is 1. The molecule has 0 saturated heterocycles. The van der Waals surface area contributed by atoms with E-state index in [1.54, 1.807) is 23.6 Å². The number of hydrogen-bond donors (Lipinski definition) is 0. The highest BCUT2D eigenvalue weighted by Crippen LogP contribution is 2.35. The summed E-state index contributed by atoms with van der Waals surface area (Å²) < 4.78 is 23.3. The van der Waals surface area contributed by atoms with E-state index in [1.807, 2.05) is 97.2 Å². The molecule has 0 amide bonds. The van der Waals surface area contributed by atoms with Crippen molar-refractivity contribution >= 4 is 40.0 Å². The number of carbonyl (C=O) groups excluding carboxylic acids is 1. The molecule has 0 saturated carbocycles. The quantitative estimate of drug-likeness (QED) is 0.205. The molecule has 2 aromatic heterocycles. The van der Waals surface area contributed by atoms with Gasteiger partial charge >= 0.3 is 5.97 Å². The normalized spacial score (nSPS) is 14.8. The van der Waals surface area contributed by atoms with Gasteiger partial charge in [0.15, 0.2) is 4.80 Å². The number of thiazole rings is 1. The molecule has 1 atom stereocenters. The second kappa shape index (κ2) is 12.0. The van der Waals surface area contributed by atoms with Crippen LogP contribution in [0.1, 0.15) is 35.2 Å². The predicted octanol–water partition coefficient (Wildman–Crippen LogP) is 6.08. The van der Waals surface area contributed by atoms with Gasteiger partial charge in [0.05, 0.1) is 28.5 Å². The summed E-state index contributed by atoms with van der Waals surface area (Å²) in [6.45, 7) is 2.51. The Morgan fingerprint density at radius 2 is 1.62 bits per heavy atom. The standard InChI is InChI=1S/C37H28FN3O3S/c1-2-44-36(43)32-33(25-11-5-3-6-12-25)39-37-41(34(32)26-13-7-4-8-14-26)35(42)31(45-37)21-27-23-40(30-16-10-9-15-29(27)30)22-24-17-19-28(38)20-18-24/h3-21,23,34H,2,22H2,1H3/b31-21+/t34-/m1/s1. The molecule has 6 aromatic rings. The number of fused-ring (bicyclic) bond motifs is 2. The average Bonchev–Trinajstić information content (AvgIpc) is 3.58. The fourth-order valence-corrected chi connectivity index (χ4v) is 6.83. The van der Waals surface area contributed by atoms with Crippen LogP contribution in [-0.4, -0.2) is 21.7 Å². The molecule has 0 N–H and O–H groups in total. The summed E-state index contributed by atoms with van der Waals surface area (Å²) in [5.41, 5.74) is 4.97. The van der Waals surface area contributed by atoms with Crippen molar-refractivity contribution in [2.45, 2.75) is 19.5 Å². The van der Waals surface area contributed by atoms with Gasteiger partial charge in [-0.1, -0.05) is 102 Å². The van der Waals surface area contributed by atoms with Crippen LogP contribution in [-0.2, 0) is 16.1 Å². The van der Waals surface area contributed by atoms with Gasteiger partial charge in [-0.25, -0.2) is 14.2 Å². The predicted molar refractivity (Wildman–Crippen MR) is 175 cm³/mol. The van der Waals surface area contributed by atoms with Gasteiger partial charge in [-0.2, -0.15) is 0 Å². The van der Waals surface area contributed by atoms with E-state index in [0.717, 1.165) is 33.2 Å². The Hall–Kier alpha value is -5.34. The minimum Gasteiger partial charge on any atom is -0.463 e. The van der Waals surface area contributed by atoms with Crippen LogP contribution < -0.4 is 14.9 Å². The monoisotopic (exact) mass is 613 g/mol. The van der Waals surface area contributed by atoms with Gasteiger partial charge in [-0.3, -0.25) is 9.36 Å². The Labute approximate surface area is 262 Å². The molecule has 45 heavy (non-hydrogen) atoms. The highest BCUT2D eigenvalue weighted by atomic mass is 32.1. The minimum absolute atomic E-state index is 0.193. The number of nitrogens with zero attached hydrogens (tertiary/aromatic N) is 3. The largest absolute Gasteiger partial charge is 0.463 e. The highest BCUT2D eigenvalue weighted by molar-refractivity contribution is 7.07. The second-order valence-electron chi connectivity index (χ2n) is 10.7. The van der Waals surface area contributed by atoms with Crippen LogP contribution in [0.2, 0.25) is 0 Å². The molecule has 0 radical (unpaired) electrons. The van der Waals surface area contributed by atoms with Gasteiger partial charge in [0.2, 0.25) is 0 Å². The molecule has 0 unspecified atom stereocenters. The number of halogens is 1. The summed E-state index contributed by atoms with van der Waals surface area (Å²) in [6, 6.07) is 32.8. The third-order valence-electron chi connectivity index (χ3n) is 7.86. The van der Waals surface area contributed by atoms with Crippen molar-refractivity contribution in [3.05, 3.63) is 169 Å². The van der Waals surface area contributed by atoms with E-state index in [-0.39, 0.29) is 18.0 Å². The number of aromatic nitrogens is 2. The second-order valence-corrected chi connectivity index (χ2v) is 11.7. The molecule has 1 aliphatic rings. The number of hydrogen-bond acceptors (Lipinski definition) is 5. The maximum Gasteiger partial charge on any atom is 0.338 e. The summed E-state index contributed by atoms with van der Waals surface area (Å²) in [5.74, 6) is -0.783. The van der Waals surface area contributed by atoms with Crippen molar-refractivity contribution < 1.29 is 13.9 Å². The molecular weight excluding hydrogens is 585 g/mol. The lowest BCUT2D eigenvalue weighted by molar-refractivity contribution is -0.138. The first-order valence-corrected chi connectivity index (χ1v) is 15.5. The fraction of sp³-hybridized carbons (Fsp3) is 0.108. The SMILES string of the molecule is CCOC(=O)C1=C(c2ccccc2)N=c2s/c(=C/c3cn(Cc4ccc(F)cc4)c4ccccc34)c(=O)n2[C@@H]1c1ccccc1. The highest BCUT2D eigenvalue weighted by Gasteiger charge is 2.35. The Kier molecular flexibility index (Phi) is 7.57. The molecule has 7 rings (SSSR count). The molecule has 0 aliphatic carbocycles. The smallest absolute Gasteiger partial charge is 0.338 e. The number of para-hydroxylation sites is 1. The Bertz CT molecular complexity index is 2250. The number of rotatable bonds is 7. The van der Waals surface area contributed by atoms with Gasteiger partial charge in [-0.15, -0.1) is 0 Å². The van der Waals surface area contributed by atoms with Crippen molar-refractivity contribution in [2.24, 2.45) is 4.99 Å². The third kappa shape index (κ3) is 5.34. The maximum atomic E-state index is 14.3. The van der Waals surface area contributed by atoms with Crippen molar-refractivity contribution in [2.75, 3.05) is 6.61 Å². The molecule has 8 heteroatoms. The minimum atomic E-state index is -0.723. The summed E-state index contributed by atoms with van der Waals surface area (Å²) in [5, 5.41) is 0.988. The molecule has 0 spiro atoms. The maximum absolute atomic E-state index is 14.3. The lowest BCUT2D eigenvalue weighted by Crippen LogP contribution is -2.39. The van der Waals surface area contributed by atoms with Gasteiger partial charge in [0.1, 0.15) is 5.82 Å². The molecular formula is C37H28FN3O3S. The summed E-state index contributed by atoms with van der Waals surface area (Å²) >= 11 is 1.30. The Morgan fingerprint density at radius 1 is 0.933 bits per heavy atom. The fourth-order valence-electron chi connectivity index (χ4n) is 5.84. The zero-order valence-electron chi connectivity index (χ0n) is 24.4. The molecule has 0 bridgehead atoms. The first-order valence-electron chi connectivity index (χ1n) is 14.7. The van der Waals surface area contributed by atoms with Crippen LogP contribution in [0.25, 0.3) is 22.7 Å². The Balaban J connectivity index is 1.44. The first kappa shape index (κ1) is 28.4.